The Morgan fingerprint density at radius 1 is 1.16 bits per heavy atom. The fourth-order valence-electron chi connectivity index (χ4n) is 2.09. The van der Waals surface area contributed by atoms with Crippen LogP contribution in [0, 0.1) is 10.5 Å². The first-order chi connectivity index (χ1) is 9.19. The van der Waals surface area contributed by atoms with Gasteiger partial charge in [-0.1, -0.05) is 19.1 Å². The number of nitrogens with one attached hydrogen (secondary N) is 1. The van der Waals surface area contributed by atoms with E-state index in [0.29, 0.717) is 6.04 Å². The largest absolute Gasteiger partial charge is 0.309 e. The minimum absolute atomic E-state index is 0.443. The van der Waals surface area contributed by atoms with E-state index in [9.17, 15) is 0 Å². The summed E-state index contributed by atoms with van der Waals surface area (Å²) in [5.74, 6) is 0. The van der Waals surface area contributed by atoms with Crippen LogP contribution in [0.25, 0.3) is 0 Å². The van der Waals surface area contributed by atoms with Crippen molar-refractivity contribution in [3.63, 3.8) is 0 Å². The van der Waals surface area contributed by atoms with Crippen molar-refractivity contribution in [1.82, 2.24) is 5.32 Å². The summed E-state index contributed by atoms with van der Waals surface area (Å²) in [6, 6.07) is 13.8. The summed E-state index contributed by atoms with van der Waals surface area (Å²) in [7, 11) is 0. The zero-order valence-corrected chi connectivity index (χ0v) is 14.4. The first-order valence-corrected chi connectivity index (χ1v) is 8.62. The lowest BCUT2D eigenvalue weighted by molar-refractivity contribution is 0.536. The maximum absolute atomic E-state index is 3.67. The van der Waals surface area contributed by atoms with Crippen LogP contribution in [0.15, 0.2) is 36.4 Å². The number of aryl methyl sites for hydroxylation is 1. The van der Waals surface area contributed by atoms with Crippen LogP contribution in [0.5, 0.6) is 0 Å². The fraction of sp³-hybridized carbons (Fsp3) is 0.375. The number of benzene rings is 1. The van der Waals surface area contributed by atoms with E-state index in [4.69, 9.17) is 0 Å². The first kappa shape index (κ1) is 15.0. The summed E-state index contributed by atoms with van der Waals surface area (Å²) in [6.07, 6.45) is 2.24. The summed E-state index contributed by atoms with van der Waals surface area (Å²) in [5.41, 5.74) is 1.40. The van der Waals surface area contributed by atoms with Crippen LogP contribution in [0.4, 0.5) is 0 Å². The van der Waals surface area contributed by atoms with Crippen LogP contribution in [0.2, 0.25) is 0 Å². The molecule has 0 fully saturated rings. The van der Waals surface area contributed by atoms with E-state index in [2.05, 4.69) is 78.2 Å². The highest BCUT2D eigenvalue weighted by atomic mass is 127. The van der Waals surface area contributed by atoms with E-state index >= 15 is 0 Å². The Kier molecular flexibility index (Phi) is 5.85. The molecule has 1 aromatic heterocycles. The predicted molar refractivity (Wildman–Crippen MR) is 93.0 cm³/mol. The molecule has 0 spiro atoms. The number of halogens is 1. The minimum Gasteiger partial charge on any atom is -0.309 e. The average Bonchev–Trinajstić information content (AvgIpc) is 2.83. The second kappa shape index (κ2) is 7.41. The quantitative estimate of drug-likeness (QED) is 0.695. The topological polar surface area (TPSA) is 12.0 Å². The van der Waals surface area contributed by atoms with Crippen LogP contribution >= 0.6 is 33.9 Å². The van der Waals surface area contributed by atoms with Gasteiger partial charge in [-0.25, -0.2) is 0 Å². The third-order valence-corrected chi connectivity index (χ3v) is 4.93. The molecule has 0 radical (unpaired) electrons. The van der Waals surface area contributed by atoms with E-state index in [1.165, 1.54) is 25.3 Å². The van der Waals surface area contributed by atoms with E-state index < -0.39 is 0 Å². The van der Waals surface area contributed by atoms with Crippen molar-refractivity contribution in [2.75, 3.05) is 6.54 Å². The van der Waals surface area contributed by atoms with Gasteiger partial charge in [0.05, 0.1) is 0 Å². The Hall–Kier alpha value is -0.390. The van der Waals surface area contributed by atoms with Gasteiger partial charge in [-0.3, -0.25) is 0 Å². The molecule has 19 heavy (non-hydrogen) atoms. The third-order valence-electron chi connectivity index (χ3n) is 3.10. The van der Waals surface area contributed by atoms with Crippen LogP contribution in [-0.2, 0) is 6.42 Å². The molecule has 2 rings (SSSR count). The van der Waals surface area contributed by atoms with Gasteiger partial charge in [0.2, 0.25) is 0 Å². The number of thiophene rings is 1. The summed E-state index contributed by atoms with van der Waals surface area (Å²) in [4.78, 5) is 2.84. The molecule has 1 heterocycles. The number of hydrogen-bond donors (Lipinski definition) is 1. The lowest BCUT2D eigenvalue weighted by Crippen LogP contribution is -2.23. The normalized spacial score (nSPS) is 12.6. The van der Waals surface area contributed by atoms with Crippen LogP contribution in [-0.4, -0.2) is 6.54 Å². The van der Waals surface area contributed by atoms with Gasteiger partial charge >= 0.3 is 0 Å². The molecular formula is C16H20INS. The third kappa shape index (κ3) is 4.58. The second-order valence-electron chi connectivity index (χ2n) is 4.79. The molecule has 1 nitrogen and oxygen atoms in total. The van der Waals surface area contributed by atoms with E-state index in [1.807, 2.05) is 11.3 Å². The summed E-state index contributed by atoms with van der Waals surface area (Å²) in [5, 5.41) is 3.67. The standard InChI is InChI=1S/C16H20INS/c1-3-10-18-15(16-9-4-12(2)19-16)11-13-5-7-14(17)8-6-13/h4-9,15,18H,3,10-11H2,1-2H3. The van der Waals surface area contributed by atoms with Gasteiger partial charge in [-0.2, -0.15) is 0 Å². The van der Waals surface area contributed by atoms with Crippen molar-refractivity contribution >= 4 is 33.9 Å². The van der Waals surface area contributed by atoms with Crippen LogP contribution < -0.4 is 5.32 Å². The number of hydrogen-bond acceptors (Lipinski definition) is 2. The van der Waals surface area contributed by atoms with Gasteiger partial charge in [0.15, 0.2) is 0 Å². The van der Waals surface area contributed by atoms with Gasteiger partial charge in [-0.05, 0) is 78.7 Å². The first-order valence-electron chi connectivity index (χ1n) is 6.73. The molecule has 102 valence electrons. The SMILES string of the molecule is CCCNC(Cc1ccc(I)cc1)c1ccc(C)s1. The molecule has 1 N–H and O–H groups in total. The second-order valence-corrected chi connectivity index (χ2v) is 7.35. The zero-order valence-electron chi connectivity index (χ0n) is 11.4. The van der Waals surface area contributed by atoms with E-state index in [0.717, 1.165) is 13.0 Å². The Morgan fingerprint density at radius 3 is 2.47 bits per heavy atom. The highest BCUT2D eigenvalue weighted by molar-refractivity contribution is 14.1. The molecule has 0 saturated heterocycles. The molecule has 1 atom stereocenters. The summed E-state index contributed by atoms with van der Waals surface area (Å²) < 4.78 is 1.30. The van der Waals surface area contributed by atoms with Gasteiger partial charge < -0.3 is 5.32 Å². The predicted octanol–water partition coefficient (Wildman–Crippen LogP) is 4.94. The van der Waals surface area contributed by atoms with Gasteiger partial charge in [-0.15, -0.1) is 11.3 Å². The fourth-order valence-corrected chi connectivity index (χ4v) is 3.40. The minimum atomic E-state index is 0.443. The van der Waals surface area contributed by atoms with Crippen molar-refractivity contribution in [3.05, 3.63) is 55.3 Å². The molecule has 0 amide bonds. The maximum Gasteiger partial charge on any atom is 0.0455 e. The van der Waals surface area contributed by atoms with Crippen molar-refractivity contribution in [1.29, 1.82) is 0 Å². The zero-order chi connectivity index (χ0) is 13.7. The molecule has 0 saturated carbocycles. The monoisotopic (exact) mass is 385 g/mol. The molecule has 0 bridgehead atoms. The van der Waals surface area contributed by atoms with Crippen molar-refractivity contribution in [2.24, 2.45) is 0 Å². The van der Waals surface area contributed by atoms with Crippen molar-refractivity contribution in [3.8, 4) is 0 Å². The molecule has 3 heteroatoms. The molecular weight excluding hydrogens is 365 g/mol. The highest BCUT2D eigenvalue weighted by Gasteiger charge is 2.13. The Morgan fingerprint density at radius 2 is 1.89 bits per heavy atom. The van der Waals surface area contributed by atoms with Gasteiger partial charge in [0.1, 0.15) is 0 Å². The average molecular weight is 385 g/mol. The van der Waals surface area contributed by atoms with Crippen LogP contribution in [0.3, 0.4) is 0 Å². The Bertz CT molecular complexity index is 504. The van der Waals surface area contributed by atoms with Crippen molar-refractivity contribution < 1.29 is 0 Å². The smallest absolute Gasteiger partial charge is 0.0455 e. The van der Waals surface area contributed by atoms with Gasteiger partial charge in [0.25, 0.3) is 0 Å². The molecule has 2 aromatic rings. The molecule has 0 aliphatic heterocycles. The van der Waals surface area contributed by atoms with Crippen LogP contribution in [0.1, 0.15) is 34.7 Å². The lowest BCUT2D eigenvalue weighted by atomic mass is 10.0. The Labute approximate surface area is 133 Å². The number of rotatable bonds is 6. The summed E-state index contributed by atoms with van der Waals surface area (Å²) >= 11 is 4.26. The molecule has 0 aliphatic carbocycles. The van der Waals surface area contributed by atoms with E-state index in [1.54, 1.807) is 0 Å². The highest BCUT2D eigenvalue weighted by Crippen LogP contribution is 2.26. The summed E-state index contributed by atoms with van der Waals surface area (Å²) in [6.45, 7) is 5.47. The van der Waals surface area contributed by atoms with E-state index in [-0.39, 0.29) is 0 Å². The molecule has 1 aromatic carbocycles. The lowest BCUT2D eigenvalue weighted by Gasteiger charge is -2.17. The molecule has 1 unspecified atom stereocenters. The van der Waals surface area contributed by atoms with Crippen molar-refractivity contribution in [2.45, 2.75) is 32.7 Å². The van der Waals surface area contributed by atoms with Gasteiger partial charge in [0, 0.05) is 19.4 Å². The molecule has 0 aliphatic rings. The maximum atomic E-state index is 3.67. The Balaban J connectivity index is 2.11.